The van der Waals surface area contributed by atoms with Crippen LogP contribution in [0.1, 0.15) is 141 Å². The van der Waals surface area contributed by atoms with Crippen LogP contribution >= 0.6 is 0 Å². The van der Waals surface area contributed by atoms with E-state index in [-0.39, 0.29) is 54.7 Å². The molecule has 2 aromatic rings. The van der Waals surface area contributed by atoms with Gasteiger partial charge in [-0.05, 0) is 105 Å². The number of aryl methyl sites for hydroxylation is 1. The van der Waals surface area contributed by atoms with Crippen LogP contribution in [0, 0.1) is 29.1 Å². The fourth-order valence-electron chi connectivity index (χ4n) is 10.6. The van der Waals surface area contributed by atoms with Gasteiger partial charge in [0.25, 0.3) is 0 Å². The molecule has 3 saturated carbocycles. The molecule has 0 radical (unpaired) electrons. The summed E-state index contributed by atoms with van der Waals surface area (Å²) < 4.78 is 13.1. The van der Waals surface area contributed by atoms with Crippen molar-refractivity contribution < 1.29 is 57.9 Å². The number of Topliss-reactive ketones (excluding diaryl/α,β-unsaturated/α-hetero) is 3. The topological polar surface area (TPSA) is 284 Å². The largest absolute Gasteiger partial charge is 0.481 e. The number of rotatable bonds is 30. The van der Waals surface area contributed by atoms with Gasteiger partial charge in [0.05, 0.1) is 36.1 Å². The van der Waals surface area contributed by atoms with Crippen molar-refractivity contribution in [2.45, 2.75) is 167 Å². The van der Waals surface area contributed by atoms with Gasteiger partial charge in [-0.3, -0.25) is 33.6 Å². The van der Waals surface area contributed by atoms with E-state index >= 15 is 0 Å². The molecule has 2 aromatic carbocycles. The summed E-state index contributed by atoms with van der Waals surface area (Å²) in [6, 6.07) is 11.2. The number of amides is 3. The summed E-state index contributed by atoms with van der Waals surface area (Å²) >= 11 is 0. The molecule has 4 fully saturated rings. The maximum Gasteiger partial charge on any atom is 0.461 e. The molecule has 9 N–H and O–H groups in total. The second-order valence-corrected chi connectivity index (χ2v) is 21.0. The Bertz CT molecular complexity index is 2220. The van der Waals surface area contributed by atoms with Crippen molar-refractivity contribution in [3.05, 3.63) is 59.7 Å². The normalized spacial score (nSPS) is 22.3. The minimum atomic E-state index is -1.75. The van der Waals surface area contributed by atoms with Gasteiger partial charge >= 0.3 is 19.1 Å². The van der Waals surface area contributed by atoms with Gasteiger partial charge in [-0.15, -0.1) is 0 Å². The summed E-state index contributed by atoms with van der Waals surface area (Å²) in [5.74, 6) is -8.04. The lowest BCUT2D eigenvalue weighted by Crippen LogP contribution is -2.65. The van der Waals surface area contributed by atoms with Crippen molar-refractivity contribution in [1.82, 2.24) is 16.0 Å². The Morgan fingerprint density at radius 1 is 0.746 bits per heavy atom. The summed E-state index contributed by atoms with van der Waals surface area (Å²) in [5, 5.41) is 26.2. The van der Waals surface area contributed by atoms with E-state index in [1.807, 2.05) is 31.2 Å². The molecule has 3 aliphatic carbocycles. The Hall–Kier alpha value is -5.30. The maximum absolute atomic E-state index is 14.1. The number of carboxylic acids is 2. The SMILES string of the molecule is CCCCc1ccc(-c2ccc(C(=O)C[C@@H](CN)C(=O)N[C@@H](CCC(=O)N[C@H](CC(=O)O)C(=O)O)C(=O)C[C@@H](C)C(=O)N[C@@H](CCCCN)C(=O)C[C@@H](C)B3OC4C[C@@H]5C[C@@H](C5(C)C)[C@]4(C)O3)cc2)cc1. The minimum Gasteiger partial charge on any atom is -0.481 e. The number of aliphatic carboxylic acids is 2. The number of ketones is 3. The molecule has 1 heterocycles. The zero-order valence-electron chi connectivity index (χ0n) is 42.3. The van der Waals surface area contributed by atoms with Crippen molar-refractivity contribution in [3.8, 4) is 11.1 Å². The highest BCUT2D eigenvalue weighted by atomic mass is 16.7. The fourth-order valence-corrected chi connectivity index (χ4v) is 10.6. The molecule has 0 spiro atoms. The number of hydrogen-bond donors (Lipinski definition) is 7. The van der Waals surface area contributed by atoms with Gasteiger partial charge in [-0.25, -0.2) is 4.79 Å². The van der Waals surface area contributed by atoms with E-state index in [9.17, 15) is 43.5 Å². The van der Waals surface area contributed by atoms with Crippen LogP contribution in [0.2, 0.25) is 5.82 Å². The zero-order chi connectivity index (χ0) is 52.2. The predicted octanol–water partition coefficient (Wildman–Crippen LogP) is 5.44. The Labute approximate surface area is 418 Å². The molecule has 71 heavy (non-hydrogen) atoms. The van der Waals surface area contributed by atoms with Crippen LogP contribution in [0.3, 0.4) is 0 Å². The summed E-state index contributed by atoms with van der Waals surface area (Å²) in [6.45, 7) is 12.3. The number of hydrogen-bond acceptors (Lipinski definition) is 12. The van der Waals surface area contributed by atoms with E-state index in [2.05, 4.69) is 55.8 Å². The summed E-state index contributed by atoms with van der Waals surface area (Å²) in [7, 11) is -0.588. The van der Waals surface area contributed by atoms with E-state index < -0.39 is 97.4 Å². The Kier molecular flexibility index (Phi) is 20.2. The molecule has 0 aromatic heterocycles. The second-order valence-electron chi connectivity index (χ2n) is 21.0. The number of carbonyl (C=O) groups excluding carboxylic acids is 6. The summed E-state index contributed by atoms with van der Waals surface area (Å²) in [6.07, 6.45) is 4.17. The van der Waals surface area contributed by atoms with Crippen LogP contribution in [0.15, 0.2) is 48.5 Å². The van der Waals surface area contributed by atoms with E-state index in [1.165, 1.54) is 12.5 Å². The number of nitrogens with two attached hydrogens (primary N) is 2. The molecular formula is C53H76BN5O12. The van der Waals surface area contributed by atoms with Crippen molar-refractivity contribution in [2.24, 2.45) is 40.6 Å². The molecule has 2 bridgehead atoms. The first-order valence-electron chi connectivity index (χ1n) is 25.5. The average Bonchev–Trinajstić information content (AvgIpc) is 3.70. The molecule has 1 unspecified atom stereocenters. The number of nitrogens with one attached hydrogen (secondary N) is 3. The van der Waals surface area contributed by atoms with Gasteiger partial charge in [0, 0.05) is 43.7 Å². The van der Waals surface area contributed by atoms with E-state index in [1.54, 1.807) is 12.1 Å². The van der Waals surface area contributed by atoms with Gasteiger partial charge in [0.2, 0.25) is 17.7 Å². The van der Waals surface area contributed by atoms with Crippen LogP contribution in [0.4, 0.5) is 0 Å². The molecule has 18 heteroatoms. The second kappa shape index (κ2) is 25.4. The number of carbonyl (C=O) groups is 8. The van der Waals surface area contributed by atoms with Crippen molar-refractivity contribution in [2.75, 3.05) is 13.1 Å². The number of unbranched alkanes of at least 4 members (excludes halogenated alkanes) is 2. The third kappa shape index (κ3) is 14.7. The van der Waals surface area contributed by atoms with Crippen molar-refractivity contribution >= 4 is 54.1 Å². The number of benzene rings is 2. The molecule has 4 aliphatic rings. The molecule has 3 amide bonds. The first-order valence-corrected chi connectivity index (χ1v) is 25.5. The zero-order valence-corrected chi connectivity index (χ0v) is 42.3. The van der Waals surface area contributed by atoms with Gasteiger partial charge < -0.3 is 46.9 Å². The third-order valence-corrected chi connectivity index (χ3v) is 15.3. The highest BCUT2D eigenvalue weighted by Crippen LogP contribution is 2.66. The Balaban J connectivity index is 1.23. The molecule has 6 rings (SSSR count). The summed E-state index contributed by atoms with van der Waals surface area (Å²) in [5.41, 5.74) is 15.0. The van der Waals surface area contributed by atoms with Gasteiger partial charge in [-0.1, -0.05) is 89.6 Å². The maximum atomic E-state index is 14.1. The van der Waals surface area contributed by atoms with Crippen LogP contribution in [-0.2, 0) is 49.3 Å². The highest BCUT2D eigenvalue weighted by molar-refractivity contribution is 6.47. The average molecular weight is 986 g/mol. The quantitative estimate of drug-likeness (QED) is 0.0292. The molecule has 1 saturated heterocycles. The van der Waals surface area contributed by atoms with E-state index in [4.69, 9.17) is 25.9 Å². The van der Waals surface area contributed by atoms with E-state index in [0.717, 1.165) is 43.2 Å². The lowest BCUT2D eigenvalue weighted by atomic mass is 9.43. The van der Waals surface area contributed by atoms with Gasteiger partial charge in [-0.2, -0.15) is 0 Å². The monoisotopic (exact) mass is 986 g/mol. The highest BCUT2D eigenvalue weighted by Gasteiger charge is 2.68. The smallest absolute Gasteiger partial charge is 0.461 e. The number of carboxylic acid groups (broad SMARTS) is 2. The fraction of sp³-hybridized carbons (Fsp3) is 0.623. The minimum absolute atomic E-state index is 0.0574. The van der Waals surface area contributed by atoms with Gasteiger partial charge in [0.1, 0.15) is 6.04 Å². The van der Waals surface area contributed by atoms with Crippen LogP contribution in [0.25, 0.3) is 11.1 Å². The lowest BCUT2D eigenvalue weighted by Gasteiger charge is -2.64. The molecule has 10 atom stereocenters. The molecular weight excluding hydrogens is 909 g/mol. The molecule has 1 aliphatic heterocycles. The lowest BCUT2D eigenvalue weighted by molar-refractivity contribution is -0.199. The first kappa shape index (κ1) is 56.6. The molecule has 17 nitrogen and oxygen atoms in total. The predicted molar refractivity (Wildman–Crippen MR) is 268 cm³/mol. The van der Waals surface area contributed by atoms with Gasteiger partial charge in [0.15, 0.2) is 17.3 Å². The Morgan fingerprint density at radius 2 is 1.37 bits per heavy atom. The van der Waals surface area contributed by atoms with E-state index in [0.29, 0.717) is 43.2 Å². The first-order chi connectivity index (χ1) is 33.6. The third-order valence-electron chi connectivity index (χ3n) is 15.3. The van der Waals surface area contributed by atoms with Crippen molar-refractivity contribution in [1.29, 1.82) is 0 Å². The molecule has 388 valence electrons. The van der Waals surface area contributed by atoms with Crippen molar-refractivity contribution in [3.63, 3.8) is 0 Å². The Morgan fingerprint density at radius 3 is 1.96 bits per heavy atom. The summed E-state index contributed by atoms with van der Waals surface area (Å²) in [4.78, 5) is 105. The van der Waals surface area contributed by atoms with Crippen LogP contribution in [0.5, 0.6) is 0 Å². The van der Waals surface area contributed by atoms with Crippen LogP contribution < -0.4 is 27.4 Å². The van der Waals surface area contributed by atoms with Crippen LogP contribution in [-0.4, -0.2) is 107 Å². The standard InChI is InChI=1S/C53H76BN5O12/c1-7-8-11-33-13-15-34(16-14-33)35-17-19-36(20-18-35)42(60)26-37(30-56)50(67)59-40(21-22-47(63)57-41(51(68)69)29-48(64)65)43(61)24-31(2)49(66)58-39(12-9-10-23-55)44(62)25-32(3)54-70-46-28-38-27-45(52(38,4)5)53(46,6)71-54/h13-20,31-32,37-41,45-46H,7-12,21-30,55-56H2,1-6H3,(H,57,63)(H,58,66)(H,59,67)(H,64,65)(H,68,69)/t31-,32-,37+,38+,39+,40+,41-,45+,46?,53+/m1/s1.